The van der Waals surface area contributed by atoms with Crippen molar-refractivity contribution < 1.29 is 0 Å². The Labute approximate surface area is 111 Å². The van der Waals surface area contributed by atoms with Crippen molar-refractivity contribution in [3.63, 3.8) is 0 Å². The summed E-state index contributed by atoms with van der Waals surface area (Å²) in [5.74, 6) is 1.70. The molecule has 2 unspecified atom stereocenters. The van der Waals surface area contributed by atoms with E-state index in [1.165, 1.54) is 38.5 Å². The van der Waals surface area contributed by atoms with Crippen molar-refractivity contribution >= 4 is 0 Å². The van der Waals surface area contributed by atoms with Gasteiger partial charge in [-0.3, -0.25) is 0 Å². The van der Waals surface area contributed by atoms with Gasteiger partial charge >= 0.3 is 0 Å². The zero-order valence-corrected chi connectivity index (χ0v) is 11.5. The molecule has 1 nitrogen and oxygen atoms in total. The molecule has 3 rings (SSSR count). The van der Waals surface area contributed by atoms with Gasteiger partial charge in [-0.25, -0.2) is 0 Å². The highest BCUT2D eigenvalue weighted by Gasteiger charge is 2.36. The van der Waals surface area contributed by atoms with E-state index in [1.807, 2.05) is 0 Å². The van der Waals surface area contributed by atoms with Crippen molar-refractivity contribution in [1.82, 2.24) is 5.32 Å². The molecular formula is C17H25N. The summed E-state index contributed by atoms with van der Waals surface area (Å²) in [4.78, 5) is 0. The smallest absolute Gasteiger partial charge is 0.0167 e. The fourth-order valence-corrected chi connectivity index (χ4v) is 3.98. The standard InChI is InChI=1S/C17H25N/c1-2-18-17(13-8-4-3-5-9-13)16-12-14-10-6-7-11-15(14)16/h6-7,10-11,13,16-18H,2-5,8-9,12H2,1H3. The van der Waals surface area contributed by atoms with Gasteiger partial charge in [0.2, 0.25) is 0 Å². The van der Waals surface area contributed by atoms with Gasteiger partial charge in [0.15, 0.2) is 0 Å². The normalized spacial score (nSPS) is 25.3. The highest BCUT2D eigenvalue weighted by molar-refractivity contribution is 5.41. The highest BCUT2D eigenvalue weighted by atomic mass is 14.9. The van der Waals surface area contributed by atoms with Gasteiger partial charge in [-0.2, -0.15) is 0 Å². The minimum Gasteiger partial charge on any atom is -0.313 e. The summed E-state index contributed by atoms with van der Waals surface area (Å²) in [6.07, 6.45) is 8.52. The summed E-state index contributed by atoms with van der Waals surface area (Å²) in [5.41, 5.74) is 3.20. The minimum atomic E-state index is 0.727. The number of likely N-dealkylation sites (N-methyl/N-ethyl adjacent to an activating group) is 1. The van der Waals surface area contributed by atoms with E-state index in [4.69, 9.17) is 0 Å². The second-order valence-electron chi connectivity index (χ2n) is 5.99. The molecule has 1 heteroatoms. The molecule has 18 heavy (non-hydrogen) atoms. The molecule has 0 bridgehead atoms. The number of nitrogens with one attached hydrogen (secondary N) is 1. The van der Waals surface area contributed by atoms with Crippen LogP contribution in [0, 0.1) is 5.92 Å². The largest absolute Gasteiger partial charge is 0.313 e. The third-order valence-electron chi connectivity index (χ3n) is 4.93. The zero-order chi connectivity index (χ0) is 12.4. The van der Waals surface area contributed by atoms with E-state index in [1.54, 1.807) is 11.1 Å². The molecule has 1 fully saturated rings. The molecule has 0 amide bonds. The fraction of sp³-hybridized carbons (Fsp3) is 0.647. The quantitative estimate of drug-likeness (QED) is 0.846. The lowest BCUT2D eigenvalue weighted by Gasteiger charge is -2.42. The van der Waals surface area contributed by atoms with Gasteiger partial charge in [0, 0.05) is 12.0 Å². The molecule has 1 aromatic rings. The number of rotatable bonds is 4. The first-order chi connectivity index (χ1) is 8.90. The van der Waals surface area contributed by atoms with Crippen molar-refractivity contribution in [3.8, 4) is 0 Å². The average molecular weight is 243 g/mol. The molecule has 0 spiro atoms. The van der Waals surface area contributed by atoms with E-state index >= 15 is 0 Å². The Kier molecular flexibility index (Phi) is 3.69. The van der Waals surface area contributed by atoms with Crippen LogP contribution in [0.5, 0.6) is 0 Å². The maximum atomic E-state index is 3.80. The lowest BCUT2D eigenvalue weighted by molar-refractivity contribution is 0.231. The molecule has 98 valence electrons. The summed E-state index contributed by atoms with van der Waals surface area (Å²) >= 11 is 0. The first kappa shape index (κ1) is 12.2. The van der Waals surface area contributed by atoms with E-state index in [2.05, 4.69) is 36.5 Å². The predicted molar refractivity (Wildman–Crippen MR) is 76.9 cm³/mol. The van der Waals surface area contributed by atoms with Crippen LogP contribution in [0.15, 0.2) is 24.3 Å². The van der Waals surface area contributed by atoms with Crippen LogP contribution >= 0.6 is 0 Å². The van der Waals surface area contributed by atoms with Gasteiger partial charge in [-0.15, -0.1) is 0 Å². The van der Waals surface area contributed by atoms with Crippen LogP contribution in [0.4, 0.5) is 0 Å². The zero-order valence-electron chi connectivity index (χ0n) is 11.5. The summed E-state index contributed by atoms with van der Waals surface area (Å²) in [6.45, 7) is 3.36. The minimum absolute atomic E-state index is 0.727. The Morgan fingerprint density at radius 2 is 1.94 bits per heavy atom. The summed E-state index contributed by atoms with van der Waals surface area (Å²) in [7, 11) is 0. The Balaban J connectivity index is 1.75. The van der Waals surface area contributed by atoms with Gasteiger partial charge in [-0.05, 0) is 42.9 Å². The van der Waals surface area contributed by atoms with Crippen molar-refractivity contribution in [1.29, 1.82) is 0 Å². The SMILES string of the molecule is CCNC(C1CCCCC1)C1Cc2ccccc21. The van der Waals surface area contributed by atoms with Crippen molar-refractivity contribution in [2.24, 2.45) is 5.92 Å². The second-order valence-corrected chi connectivity index (χ2v) is 5.99. The number of benzene rings is 1. The van der Waals surface area contributed by atoms with E-state index in [9.17, 15) is 0 Å². The maximum Gasteiger partial charge on any atom is 0.0167 e. The van der Waals surface area contributed by atoms with Gasteiger partial charge in [0.25, 0.3) is 0 Å². The fourth-order valence-electron chi connectivity index (χ4n) is 3.98. The maximum absolute atomic E-state index is 3.80. The number of hydrogen-bond donors (Lipinski definition) is 1. The second kappa shape index (κ2) is 5.44. The van der Waals surface area contributed by atoms with Gasteiger partial charge < -0.3 is 5.32 Å². The van der Waals surface area contributed by atoms with Gasteiger partial charge in [-0.1, -0.05) is 50.5 Å². The summed E-state index contributed by atoms with van der Waals surface area (Å²) in [5, 5.41) is 3.80. The lowest BCUT2D eigenvalue weighted by atomic mass is 9.67. The summed E-state index contributed by atoms with van der Waals surface area (Å²) in [6, 6.07) is 9.75. The van der Waals surface area contributed by atoms with Crippen LogP contribution in [-0.2, 0) is 6.42 Å². The van der Waals surface area contributed by atoms with Crippen LogP contribution < -0.4 is 5.32 Å². The molecular weight excluding hydrogens is 218 g/mol. The Morgan fingerprint density at radius 3 is 2.67 bits per heavy atom. The molecule has 1 aromatic carbocycles. The van der Waals surface area contributed by atoms with Gasteiger partial charge in [0.05, 0.1) is 0 Å². The summed E-state index contributed by atoms with van der Waals surface area (Å²) < 4.78 is 0. The third kappa shape index (κ3) is 2.21. The number of hydrogen-bond acceptors (Lipinski definition) is 1. The molecule has 0 heterocycles. The van der Waals surface area contributed by atoms with Crippen LogP contribution in [-0.4, -0.2) is 12.6 Å². The van der Waals surface area contributed by atoms with Crippen molar-refractivity contribution in [2.75, 3.05) is 6.54 Å². The predicted octanol–water partition coefficient (Wildman–Crippen LogP) is 3.88. The van der Waals surface area contributed by atoms with Crippen LogP contribution in [0.25, 0.3) is 0 Å². The molecule has 0 radical (unpaired) electrons. The Bertz CT molecular complexity index is 392. The Morgan fingerprint density at radius 1 is 1.17 bits per heavy atom. The molecule has 1 saturated carbocycles. The molecule has 0 aliphatic heterocycles. The molecule has 2 atom stereocenters. The average Bonchev–Trinajstić information content (AvgIpc) is 2.40. The van der Waals surface area contributed by atoms with E-state index < -0.39 is 0 Å². The lowest BCUT2D eigenvalue weighted by Crippen LogP contribution is -2.45. The first-order valence-electron chi connectivity index (χ1n) is 7.71. The molecule has 2 aliphatic rings. The van der Waals surface area contributed by atoms with E-state index in [-0.39, 0.29) is 0 Å². The van der Waals surface area contributed by atoms with E-state index in [0.29, 0.717) is 0 Å². The third-order valence-corrected chi connectivity index (χ3v) is 4.93. The van der Waals surface area contributed by atoms with Crippen LogP contribution in [0.1, 0.15) is 56.1 Å². The monoisotopic (exact) mass is 243 g/mol. The molecule has 1 N–H and O–H groups in total. The number of fused-ring (bicyclic) bond motifs is 1. The van der Waals surface area contributed by atoms with E-state index in [0.717, 1.165) is 24.4 Å². The topological polar surface area (TPSA) is 12.0 Å². The van der Waals surface area contributed by atoms with Crippen molar-refractivity contribution in [2.45, 2.75) is 57.4 Å². The van der Waals surface area contributed by atoms with Crippen molar-refractivity contribution in [3.05, 3.63) is 35.4 Å². The molecule has 0 saturated heterocycles. The van der Waals surface area contributed by atoms with Crippen LogP contribution in [0.3, 0.4) is 0 Å². The first-order valence-corrected chi connectivity index (χ1v) is 7.71. The highest BCUT2D eigenvalue weighted by Crippen LogP contribution is 2.42. The van der Waals surface area contributed by atoms with Crippen LogP contribution in [0.2, 0.25) is 0 Å². The Hall–Kier alpha value is -0.820. The molecule has 2 aliphatic carbocycles. The molecule has 0 aromatic heterocycles. The van der Waals surface area contributed by atoms with Gasteiger partial charge in [0.1, 0.15) is 0 Å².